The number of rotatable bonds is 7. The van der Waals surface area contributed by atoms with Crippen LogP contribution in [0, 0.1) is 21.7 Å². The van der Waals surface area contributed by atoms with E-state index in [1.165, 1.54) is 24.3 Å². The van der Waals surface area contributed by atoms with Gasteiger partial charge in [-0.3, -0.25) is 15.0 Å². The van der Waals surface area contributed by atoms with Crippen LogP contribution < -0.4 is 10.2 Å². The van der Waals surface area contributed by atoms with Crippen molar-refractivity contribution in [3.8, 4) is 0 Å². The summed E-state index contributed by atoms with van der Waals surface area (Å²) in [6.07, 6.45) is 0.811. The van der Waals surface area contributed by atoms with Gasteiger partial charge in [-0.05, 0) is 49.7 Å². The normalized spacial score (nSPS) is 16.0. The van der Waals surface area contributed by atoms with Gasteiger partial charge in [-0.15, -0.1) is 0 Å². The molecule has 0 bridgehead atoms. The molecule has 1 aliphatic rings. The maximum atomic E-state index is 13.2. The fourth-order valence-corrected chi connectivity index (χ4v) is 3.48. The lowest BCUT2D eigenvalue weighted by Crippen LogP contribution is -2.50. The van der Waals surface area contributed by atoms with E-state index < -0.39 is 10.7 Å². The molecule has 1 saturated heterocycles. The van der Waals surface area contributed by atoms with Crippen molar-refractivity contribution in [1.82, 2.24) is 4.90 Å². The molecule has 1 heterocycles. The second kappa shape index (κ2) is 8.97. The van der Waals surface area contributed by atoms with Crippen LogP contribution in [0.5, 0.6) is 0 Å². The average molecular weight is 390 g/mol. The molecule has 0 saturated carbocycles. The molecule has 0 amide bonds. The molecule has 3 rings (SSSR count). The standard InChI is InChI=1S/C20H24F2N4O2/c1-15(8-9-23-19-7-4-17(22)14-20(19)26(27)28)24-10-12-25(13-11-24)18-5-2-16(21)3-6-18/h2-7,14-15,23H,8-13H2,1H3. The number of nitro groups is 1. The summed E-state index contributed by atoms with van der Waals surface area (Å²) < 4.78 is 26.3. The van der Waals surface area contributed by atoms with Gasteiger partial charge in [0, 0.05) is 44.5 Å². The van der Waals surface area contributed by atoms with Crippen LogP contribution in [0.4, 0.5) is 25.8 Å². The Morgan fingerprint density at radius 1 is 1.07 bits per heavy atom. The molecule has 0 radical (unpaired) electrons. The van der Waals surface area contributed by atoms with Gasteiger partial charge in [0.15, 0.2) is 0 Å². The maximum absolute atomic E-state index is 13.2. The van der Waals surface area contributed by atoms with Crippen molar-refractivity contribution in [3.63, 3.8) is 0 Å². The van der Waals surface area contributed by atoms with E-state index in [4.69, 9.17) is 0 Å². The third-order valence-corrected chi connectivity index (χ3v) is 5.16. The van der Waals surface area contributed by atoms with E-state index in [9.17, 15) is 18.9 Å². The lowest BCUT2D eigenvalue weighted by atomic mass is 10.1. The molecule has 1 aliphatic heterocycles. The summed E-state index contributed by atoms with van der Waals surface area (Å²) in [6.45, 7) is 6.23. The van der Waals surface area contributed by atoms with Crippen molar-refractivity contribution in [2.45, 2.75) is 19.4 Å². The minimum atomic E-state index is -0.621. The second-order valence-electron chi connectivity index (χ2n) is 6.98. The van der Waals surface area contributed by atoms with E-state index in [-0.39, 0.29) is 11.5 Å². The van der Waals surface area contributed by atoms with Crippen molar-refractivity contribution < 1.29 is 13.7 Å². The Balaban J connectivity index is 1.47. The summed E-state index contributed by atoms with van der Waals surface area (Å²) in [5.74, 6) is -0.852. The van der Waals surface area contributed by atoms with E-state index in [0.29, 0.717) is 18.3 Å². The molecule has 1 atom stereocenters. The quantitative estimate of drug-likeness (QED) is 0.574. The smallest absolute Gasteiger partial charge is 0.295 e. The molecule has 2 aromatic carbocycles. The van der Waals surface area contributed by atoms with Crippen LogP contribution in [-0.4, -0.2) is 48.6 Å². The summed E-state index contributed by atoms with van der Waals surface area (Å²) in [7, 11) is 0. The Morgan fingerprint density at radius 3 is 2.36 bits per heavy atom. The highest BCUT2D eigenvalue weighted by atomic mass is 19.1. The first kappa shape index (κ1) is 20.0. The Kier molecular flexibility index (Phi) is 6.41. The molecule has 8 heteroatoms. The summed E-state index contributed by atoms with van der Waals surface area (Å²) in [5.41, 5.74) is 1.11. The molecular weight excluding hydrogens is 366 g/mol. The molecule has 6 nitrogen and oxygen atoms in total. The number of anilines is 2. The molecule has 150 valence electrons. The van der Waals surface area contributed by atoms with Crippen LogP contribution in [0.1, 0.15) is 13.3 Å². The lowest BCUT2D eigenvalue weighted by Gasteiger charge is -2.39. The molecule has 28 heavy (non-hydrogen) atoms. The molecule has 0 aliphatic carbocycles. The first-order valence-corrected chi connectivity index (χ1v) is 9.36. The monoisotopic (exact) mass is 390 g/mol. The summed E-state index contributed by atoms with van der Waals surface area (Å²) >= 11 is 0. The number of halogens is 2. The van der Waals surface area contributed by atoms with Gasteiger partial charge >= 0.3 is 0 Å². The molecule has 0 aromatic heterocycles. The average Bonchev–Trinajstić information content (AvgIpc) is 2.69. The number of nitrogens with zero attached hydrogens (tertiary/aromatic N) is 3. The van der Waals surface area contributed by atoms with E-state index in [1.807, 2.05) is 0 Å². The van der Waals surface area contributed by atoms with Crippen molar-refractivity contribution >= 4 is 17.1 Å². The van der Waals surface area contributed by atoms with Crippen LogP contribution in [0.2, 0.25) is 0 Å². The highest BCUT2D eigenvalue weighted by Crippen LogP contribution is 2.25. The molecule has 0 spiro atoms. The van der Waals surface area contributed by atoms with Gasteiger partial charge in [0.2, 0.25) is 0 Å². The fourth-order valence-electron chi connectivity index (χ4n) is 3.48. The Morgan fingerprint density at radius 2 is 1.71 bits per heavy atom. The highest BCUT2D eigenvalue weighted by molar-refractivity contribution is 5.61. The van der Waals surface area contributed by atoms with Crippen LogP contribution in [0.25, 0.3) is 0 Å². The van der Waals surface area contributed by atoms with Gasteiger partial charge in [0.05, 0.1) is 11.0 Å². The first-order chi connectivity index (χ1) is 13.4. The second-order valence-corrected chi connectivity index (χ2v) is 6.98. The predicted molar refractivity (Wildman–Crippen MR) is 106 cm³/mol. The van der Waals surface area contributed by atoms with Crippen molar-refractivity contribution in [2.24, 2.45) is 0 Å². The molecular formula is C20H24F2N4O2. The third-order valence-electron chi connectivity index (χ3n) is 5.16. The first-order valence-electron chi connectivity index (χ1n) is 9.36. The topological polar surface area (TPSA) is 61.7 Å². The lowest BCUT2D eigenvalue weighted by molar-refractivity contribution is -0.384. The maximum Gasteiger partial charge on any atom is 0.295 e. The van der Waals surface area contributed by atoms with Crippen LogP contribution in [0.15, 0.2) is 42.5 Å². The summed E-state index contributed by atoms with van der Waals surface area (Å²) in [6, 6.07) is 10.4. The van der Waals surface area contributed by atoms with Gasteiger partial charge in [0.25, 0.3) is 5.69 Å². The fraction of sp³-hybridized carbons (Fsp3) is 0.400. The molecule has 1 N–H and O–H groups in total. The van der Waals surface area contributed by atoms with Crippen LogP contribution >= 0.6 is 0 Å². The zero-order valence-electron chi connectivity index (χ0n) is 15.8. The SMILES string of the molecule is CC(CCNc1ccc(F)cc1[N+](=O)[O-])N1CCN(c2ccc(F)cc2)CC1. The van der Waals surface area contributed by atoms with Gasteiger partial charge in [-0.2, -0.15) is 0 Å². The summed E-state index contributed by atoms with van der Waals surface area (Å²) in [4.78, 5) is 15.1. The van der Waals surface area contributed by atoms with E-state index >= 15 is 0 Å². The number of nitrogens with one attached hydrogen (secondary N) is 1. The molecule has 2 aromatic rings. The van der Waals surface area contributed by atoms with E-state index in [2.05, 4.69) is 22.0 Å². The number of nitro benzene ring substituents is 1. The van der Waals surface area contributed by atoms with Gasteiger partial charge in [0.1, 0.15) is 17.3 Å². The van der Waals surface area contributed by atoms with Crippen LogP contribution in [-0.2, 0) is 0 Å². The van der Waals surface area contributed by atoms with Crippen molar-refractivity contribution in [1.29, 1.82) is 0 Å². The molecule has 1 fully saturated rings. The predicted octanol–water partition coefficient (Wildman–Crippen LogP) is 3.89. The molecule has 1 unspecified atom stereocenters. The van der Waals surface area contributed by atoms with Crippen molar-refractivity contribution in [2.75, 3.05) is 42.9 Å². The van der Waals surface area contributed by atoms with Gasteiger partial charge in [-0.25, -0.2) is 8.78 Å². The number of benzene rings is 2. The van der Waals surface area contributed by atoms with Crippen molar-refractivity contribution in [3.05, 3.63) is 64.2 Å². The minimum Gasteiger partial charge on any atom is -0.379 e. The summed E-state index contributed by atoms with van der Waals surface area (Å²) in [5, 5.41) is 14.1. The Bertz CT molecular complexity index is 808. The number of hydrogen-bond acceptors (Lipinski definition) is 5. The minimum absolute atomic E-state index is 0.232. The Hall–Kier alpha value is -2.74. The zero-order valence-corrected chi connectivity index (χ0v) is 15.8. The zero-order chi connectivity index (χ0) is 20.1. The van der Waals surface area contributed by atoms with E-state index in [1.54, 1.807) is 12.1 Å². The van der Waals surface area contributed by atoms with Gasteiger partial charge < -0.3 is 10.2 Å². The Labute approximate surface area is 162 Å². The highest BCUT2D eigenvalue weighted by Gasteiger charge is 2.21. The van der Waals surface area contributed by atoms with E-state index in [0.717, 1.165) is 44.4 Å². The number of hydrogen-bond donors (Lipinski definition) is 1. The third kappa shape index (κ3) is 4.95. The largest absolute Gasteiger partial charge is 0.379 e. The van der Waals surface area contributed by atoms with Gasteiger partial charge in [-0.1, -0.05) is 0 Å². The van der Waals surface area contributed by atoms with Crippen LogP contribution in [0.3, 0.4) is 0 Å². The number of piperazine rings is 1.